The van der Waals surface area contributed by atoms with Crippen molar-refractivity contribution in [1.82, 2.24) is 5.32 Å². The molecule has 2 aromatic carbocycles. The highest BCUT2D eigenvalue weighted by Gasteiger charge is 2.31. The average Bonchev–Trinajstić information content (AvgIpc) is 2.60. The van der Waals surface area contributed by atoms with Gasteiger partial charge in [-0.3, -0.25) is 9.59 Å². The van der Waals surface area contributed by atoms with Gasteiger partial charge in [-0.05, 0) is 35.4 Å². The highest BCUT2D eigenvalue weighted by Crippen LogP contribution is 2.25. The molecule has 2 aromatic rings. The summed E-state index contributed by atoms with van der Waals surface area (Å²) in [6, 6.07) is 10.6. The summed E-state index contributed by atoms with van der Waals surface area (Å²) in [6.45, 7) is 0. The van der Waals surface area contributed by atoms with Gasteiger partial charge < -0.3 is 19.9 Å². The normalized spacial score (nSPS) is 12.1. The maximum absolute atomic E-state index is 12.3. The molecule has 0 aromatic heterocycles. The molecule has 0 aliphatic carbocycles. The maximum Gasteiger partial charge on any atom is 0.573 e. The van der Waals surface area contributed by atoms with Crippen LogP contribution >= 0.6 is 0 Å². The van der Waals surface area contributed by atoms with Crippen molar-refractivity contribution >= 4 is 11.9 Å². The van der Waals surface area contributed by atoms with E-state index in [9.17, 15) is 22.8 Å². The third-order valence-electron chi connectivity index (χ3n) is 3.75. The van der Waals surface area contributed by atoms with Crippen molar-refractivity contribution in [2.24, 2.45) is 0 Å². The van der Waals surface area contributed by atoms with Crippen molar-refractivity contribution in [2.45, 2.75) is 25.2 Å². The number of carboxylic acids is 1. The Morgan fingerprint density at radius 2 is 1.61 bits per heavy atom. The predicted molar refractivity (Wildman–Crippen MR) is 93.0 cm³/mol. The second-order valence-corrected chi connectivity index (χ2v) is 5.86. The number of nitrogens with one attached hydrogen (secondary N) is 1. The van der Waals surface area contributed by atoms with Gasteiger partial charge >= 0.3 is 12.3 Å². The van der Waals surface area contributed by atoms with E-state index in [0.717, 1.165) is 12.1 Å². The highest BCUT2D eigenvalue weighted by molar-refractivity contribution is 5.80. The number of carbonyl (C=O) groups is 2. The lowest BCUT2D eigenvalue weighted by Crippen LogP contribution is -2.31. The SMILES string of the molecule is COc1ccc(CC(=O)NC(CC(=O)O)c2ccc(OC(F)(F)F)cc2)cc1. The van der Waals surface area contributed by atoms with Crippen LogP contribution in [0.5, 0.6) is 11.5 Å². The molecule has 0 saturated heterocycles. The van der Waals surface area contributed by atoms with Gasteiger partial charge in [0, 0.05) is 0 Å². The fraction of sp³-hybridized carbons (Fsp3) is 0.263. The van der Waals surface area contributed by atoms with E-state index in [0.29, 0.717) is 16.9 Å². The van der Waals surface area contributed by atoms with Crippen LogP contribution in [0.4, 0.5) is 13.2 Å². The third kappa shape index (κ3) is 6.82. The van der Waals surface area contributed by atoms with Crippen molar-refractivity contribution in [3.8, 4) is 11.5 Å². The molecule has 2 N–H and O–H groups in total. The van der Waals surface area contributed by atoms with Crippen LogP contribution in [-0.2, 0) is 16.0 Å². The Kier molecular flexibility index (Phi) is 6.86. The first-order valence-corrected chi connectivity index (χ1v) is 8.16. The number of carboxylic acid groups (broad SMARTS) is 1. The summed E-state index contributed by atoms with van der Waals surface area (Å²) >= 11 is 0. The van der Waals surface area contributed by atoms with E-state index in [2.05, 4.69) is 10.1 Å². The minimum atomic E-state index is -4.82. The standard InChI is InChI=1S/C19H18F3NO5/c1-27-14-6-2-12(3-7-14)10-17(24)23-16(11-18(25)26)13-4-8-15(9-5-13)28-19(20,21)22/h2-9,16H,10-11H2,1H3,(H,23,24)(H,25,26). The number of rotatable bonds is 8. The monoisotopic (exact) mass is 397 g/mol. The van der Waals surface area contributed by atoms with E-state index in [4.69, 9.17) is 9.84 Å². The molecule has 150 valence electrons. The molecular weight excluding hydrogens is 379 g/mol. The van der Waals surface area contributed by atoms with Crippen LogP contribution < -0.4 is 14.8 Å². The summed E-state index contributed by atoms with van der Waals surface area (Å²) in [6.07, 6.45) is -5.24. The number of benzene rings is 2. The lowest BCUT2D eigenvalue weighted by atomic mass is 10.0. The van der Waals surface area contributed by atoms with E-state index in [1.807, 2.05) is 0 Å². The second kappa shape index (κ2) is 9.12. The zero-order valence-corrected chi connectivity index (χ0v) is 14.8. The van der Waals surface area contributed by atoms with E-state index < -0.39 is 36.5 Å². The largest absolute Gasteiger partial charge is 0.573 e. The first kappa shape index (κ1) is 21.1. The molecule has 0 heterocycles. The number of halogens is 3. The molecule has 0 aliphatic heterocycles. The minimum absolute atomic E-state index is 0.00931. The Labute approximate surface area is 158 Å². The van der Waals surface area contributed by atoms with Gasteiger partial charge in [0.2, 0.25) is 5.91 Å². The van der Waals surface area contributed by atoms with E-state index >= 15 is 0 Å². The Hall–Kier alpha value is -3.23. The molecule has 28 heavy (non-hydrogen) atoms. The summed E-state index contributed by atoms with van der Waals surface area (Å²) in [5, 5.41) is 11.7. The molecule has 0 radical (unpaired) electrons. The van der Waals surface area contributed by atoms with Gasteiger partial charge in [-0.15, -0.1) is 13.2 Å². The summed E-state index contributed by atoms with van der Waals surface area (Å²) in [5.74, 6) is -1.39. The first-order chi connectivity index (χ1) is 13.2. The molecule has 0 saturated carbocycles. The summed E-state index contributed by atoms with van der Waals surface area (Å²) in [7, 11) is 1.52. The zero-order chi connectivity index (χ0) is 20.7. The van der Waals surface area contributed by atoms with Gasteiger partial charge in [0.1, 0.15) is 11.5 Å². The zero-order valence-electron chi connectivity index (χ0n) is 14.8. The molecule has 1 unspecified atom stereocenters. The van der Waals surface area contributed by atoms with Gasteiger partial charge in [0.25, 0.3) is 0 Å². The molecular formula is C19H18F3NO5. The van der Waals surface area contributed by atoms with E-state index in [-0.39, 0.29) is 6.42 Å². The molecule has 2 rings (SSSR count). The van der Waals surface area contributed by atoms with Gasteiger partial charge in [-0.1, -0.05) is 24.3 Å². The van der Waals surface area contributed by atoms with Crippen LogP contribution in [0, 0.1) is 0 Å². The molecule has 1 atom stereocenters. The molecule has 6 nitrogen and oxygen atoms in total. The van der Waals surface area contributed by atoms with Crippen LogP contribution in [0.25, 0.3) is 0 Å². The summed E-state index contributed by atoms with van der Waals surface area (Å²) in [4.78, 5) is 23.4. The topological polar surface area (TPSA) is 84.9 Å². The number of carbonyl (C=O) groups excluding carboxylic acids is 1. The second-order valence-electron chi connectivity index (χ2n) is 5.86. The Balaban J connectivity index is 2.07. The quantitative estimate of drug-likeness (QED) is 0.713. The number of methoxy groups -OCH3 is 1. The lowest BCUT2D eigenvalue weighted by Gasteiger charge is -2.18. The van der Waals surface area contributed by atoms with Crippen molar-refractivity contribution < 1.29 is 37.3 Å². The minimum Gasteiger partial charge on any atom is -0.497 e. The lowest BCUT2D eigenvalue weighted by molar-refractivity contribution is -0.274. The Bertz CT molecular complexity index is 804. The van der Waals surface area contributed by atoms with Gasteiger partial charge in [0.15, 0.2) is 0 Å². The Morgan fingerprint density at radius 3 is 2.11 bits per heavy atom. The van der Waals surface area contributed by atoms with Crippen LogP contribution in [0.2, 0.25) is 0 Å². The molecule has 0 fully saturated rings. The van der Waals surface area contributed by atoms with Crippen molar-refractivity contribution in [1.29, 1.82) is 0 Å². The van der Waals surface area contributed by atoms with Crippen molar-refractivity contribution in [3.05, 3.63) is 59.7 Å². The molecule has 0 aliphatic rings. The van der Waals surface area contributed by atoms with Crippen LogP contribution in [0.3, 0.4) is 0 Å². The number of alkyl halides is 3. The van der Waals surface area contributed by atoms with E-state index in [1.54, 1.807) is 24.3 Å². The van der Waals surface area contributed by atoms with Crippen LogP contribution in [0.15, 0.2) is 48.5 Å². The number of aliphatic carboxylic acids is 1. The smallest absolute Gasteiger partial charge is 0.497 e. The van der Waals surface area contributed by atoms with Gasteiger partial charge in [-0.2, -0.15) is 0 Å². The van der Waals surface area contributed by atoms with E-state index in [1.165, 1.54) is 19.2 Å². The van der Waals surface area contributed by atoms with Crippen LogP contribution in [-0.4, -0.2) is 30.5 Å². The number of hydrogen-bond acceptors (Lipinski definition) is 4. The summed E-state index contributed by atoms with van der Waals surface area (Å²) in [5.41, 5.74) is 1.04. The van der Waals surface area contributed by atoms with Gasteiger partial charge in [-0.25, -0.2) is 0 Å². The number of amides is 1. The molecule has 9 heteroatoms. The molecule has 1 amide bonds. The number of hydrogen-bond donors (Lipinski definition) is 2. The molecule has 0 bridgehead atoms. The predicted octanol–water partition coefficient (Wildman–Crippen LogP) is 3.47. The maximum atomic E-state index is 12.3. The number of ether oxygens (including phenoxy) is 2. The Morgan fingerprint density at radius 1 is 1.04 bits per heavy atom. The van der Waals surface area contributed by atoms with Crippen LogP contribution in [0.1, 0.15) is 23.6 Å². The van der Waals surface area contributed by atoms with Crippen molar-refractivity contribution in [3.63, 3.8) is 0 Å². The summed E-state index contributed by atoms with van der Waals surface area (Å²) < 4.78 is 45.5. The molecule has 0 spiro atoms. The average molecular weight is 397 g/mol. The van der Waals surface area contributed by atoms with Crippen molar-refractivity contribution in [2.75, 3.05) is 7.11 Å². The third-order valence-corrected chi connectivity index (χ3v) is 3.75. The fourth-order valence-corrected chi connectivity index (χ4v) is 2.50. The first-order valence-electron chi connectivity index (χ1n) is 8.16. The van der Waals surface area contributed by atoms with Gasteiger partial charge in [0.05, 0.1) is 26.0 Å². The fourth-order valence-electron chi connectivity index (χ4n) is 2.50. The highest BCUT2D eigenvalue weighted by atomic mass is 19.4.